The first-order chi connectivity index (χ1) is 13.9. The summed E-state index contributed by atoms with van der Waals surface area (Å²) in [6.07, 6.45) is -2.78. The van der Waals surface area contributed by atoms with Crippen molar-refractivity contribution in [3.63, 3.8) is 0 Å². The lowest BCUT2D eigenvalue weighted by atomic mass is 10.0. The van der Waals surface area contributed by atoms with E-state index in [0.29, 0.717) is 29.0 Å². The summed E-state index contributed by atoms with van der Waals surface area (Å²) in [4.78, 5) is 22.4. The second kappa shape index (κ2) is 7.38. The van der Waals surface area contributed by atoms with Gasteiger partial charge in [-0.2, -0.15) is 18.2 Å². The molecule has 0 saturated carbocycles. The molecule has 0 atom stereocenters. The van der Waals surface area contributed by atoms with Crippen LogP contribution in [0.2, 0.25) is 0 Å². The predicted molar refractivity (Wildman–Crippen MR) is 104 cm³/mol. The molecule has 0 radical (unpaired) electrons. The maximum atomic E-state index is 12.7. The van der Waals surface area contributed by atoms with Crippen molar-refractivity contribution in [1.29, 1.82) is 0 Å². The molecular formula is C21H15F3N4O. The second-order valence-electron chi connectivity index (χ2n) is 6.42. The molecule has 5 nitrogen and oxygen atoms in total. The van der Waals surface area contributed by atoms with Gasteiger partial charge in [-0.25, -0.2) is 9.78 Å². The maximum absolute atomic E-state index is 12.7. The van der Waals surface area contributed by atoms with Gasteiger partial charge in [0.05, 0.1) is 10.9 Å². The van der Waals surface area contributed by atoms with Crippen LogP contribution in [0.3, 0.4) is 0 Å². The number of hydrogen-bond donors (Lipinski definition) is 2. The van der Waals surface area contributed by atoms with E-state index in [2.05, 4.69) is 20.3 Å². The van der Waals surface area contributed by atoms with Gasteiger partial charge in [-0.15, -0.1) is 0 Å². The molecular weight excluding hydrogens is 381 g/mol. The molecule has 4 rings (SSSR count). The van der Waals surface area contributed by atoms with Gasteiger partial charge in [-0.05, 0) is 47.0 Å². The summed E-state index contributed by atoms with van der Waals surface area (Å²) in [6, 6.07) is 16.0. The zero-order valence-corrected chi connectivity index (χ0v) is 15.0. The maximum Gasteiger partial charge on any atom is 0.416 e. The normalized spacial score (nSPS) is 11.6. The van der Waals surface area contributed by atoms with Crippen molar-refractivity contribution < 1.29 is 13.2 Å². The molecule has 0 saturated heterocycles. The molecule has 4 aromatic rings. The van der Waals surface area contributed by atoms with Gasteiger partial charge in [0.15, 0.2) is 0 Å². The van der Waals surface area contributed by atoms with Gasteiger partial charge in [-0.3, -0.25) is 4.98 Å². The van der Waals surface area contributed by atoms with Crippen LogP contribution in [0, 0.1) is 0 Å². The first-order valence-corrected chi connectivity index (χ1v) is 8.76. The molecule has 2 heterocycles. The molecule has 8 heteroatoms. The first kappa shape index (κ1) is 18.7. The van der Waals surface area contributed by atoms with E-state index in [1.807, 2.05) is 24.3 Å². The number of nitrogens with zero attached hydrogens (tertiary/aromatic N) is 2. The highest BCUT2D eigenvalue weighted by molar-refractivity contribution is 5.85. The quantitative estimate of drug-likeness (QED) is 0.528. The highest BCUT2D eigenvalue weighted by Crippen LogP contribution is 2.31. The zero-order valence-electron chi connectivity index (χ0n) is 15.0. The Kier molecular flexibility index (Phi) is 4.75. The Morgan fingerprint density at radius 1 is 0.966 bits per heavy atom. The van der Waals surface area contributed by atoms with Gasteiger partial charge in [-0.1, -0.05) is 30.3 Å². The van der Waals surface area contributed by atoms with E-state index < -0.39 is 17.4 Å². The Hall–Kier alpha value is -3.68. The molecule has 0 aliphatic heterocycles. The Labute approximate surface area is 163 Å². The molecule has 0 spiro atoms. The van der Waals surface area contributed by atoms with Gasteiger partial charge < -0.3 is 5.32 Å². The number of anilines is 1. The summed E-state index contributed by atoms with van der Waals surface area (Å²) < 4.78 is 38.2. The number of nitrogens with one attached hydrogen (secondary N) is 2. The van der Waals surface area contributed by atoms with E-state index in [9.17, 15) is 18.0 Å². The molecule has 2 aromatic carbocycles. The van der Waals surface area contributed by atoms with Crippen LogP contribution in [0.15, 0.2) is 71.7 Å². The highest BCUT2D eigenvalue weighted by atomic mass is 19.4. The third-order valence-corrected chi connectivity index (χ3v) is 4.43. The van der Waals surface area contributed by atoms with Crippen LogP contribution in [-0.4, -0.2) is 15.0 Å². The summed E-state index contributed by atoms with van der Waals surface area (Å²) in [5, 5.41) is 3.82. The van der Waals surface area contributed by atoms with Crippen molar-refractivity contribution in [3.8, 4) is 11.1 Å². The van der Waals surface area contributed by atoms with Crippen LogP contribution >= 0.6 is 0 Å². The number of aromatic nitrogens is 3. The molecule has 0 fully saturated rings. The van der Waals surface area contributed by atoms with Crippen molar-refractivity contribution in [2.45, 2.75) is 12.7 Å². The van der Waals surface area contributed by atoms with Crippen molar-refractivity contribution >= 4 is 16.9 Å². The van der Waals surface area contributed by atoms with Crippen LogP contribution in [0.5, 0.6) is 0 Å². The molecule has 0 unspecified atom stereocenters. The highest BCUT2D eigenvalue weighted by Gasteiger charge is 2.29. The van der Waals surface area contributed by atoms with E-state index in [-0.39, 0.29) is 0 Å². The average Bonchev–Trinajstić information content (AvgIpc) is 2.71. The van der Waals surface area contributed by atoms with Crippen LogP contribution < -0.4 is 11.0 Å². The van der Waals surface area contributed by atoms with E-state index >= 15 is 0 Å². The molecule has 146 valence electrons. The van der Waals surface area contributed by atoms with Gasteiger partial charge in [0, 0.05) is 12.7 Å². The molecule has 2 N–H and O–H groups in total. The standard InChI is InChI=1S/C21H15F3N4O/c22-21(23,24)16-8-6-14(7-9-16)15-4-1-3-13(11-15)12-26-19-17-5-2-10-25-18(17)27-20(29)28-19/h1-11H,12H2,(H2,25,26,27,28,29). The zero-order chi connectivity index (χ0) is 20.4. The Bertz CT molecular complexity index is 1220. The largest absolute Gasteiger partial charge is 0.416 e. The van der Waals surface area contributed by atoms with E-state index in [0.717, 1.165) is 23.3 Å². The van der Waals surface area contributed by atoms with Crippen LogP contribution in [0.1, 0.15) is 11.1 Å². The third kappa shape index (κ3) is 4.11. The van der Waals surface area contributed by atoms with Crippen molar-refractivity contribution in [3.05, 3.63) is 88.5 Å². The number of halogens is 3. The summed E-state index contributed by atoms with van der Waals surface area (Å²) in [5.74, 6) is 0.414. The molecule has 0 aliphatic carbocycles. The van der Waals surface area contributed by atoms with Crippen molar-refractivity contribution in [1.82, 2.24) is 15.0 Å². The fourth-order valence-electron chi connectivity index (χ4n) is 3.02. The number of alkyl halides is 3. The number of H-pyrrole nitrogens is 1. The lowest BCUT2D eigenvalue weighted by molar-refractivity contribution is -0.137. The predicted octanol–water partition coefficient (Wildman–Crippen LogP) is 4.62. The average molecular weight is 396 g/mol. The SMILES string of the molecule is O=c1nc(NCc2cccc(-c3ccc(C(F)(F)F)cc3)c2)c2cccnc2[nH]1. The summed E-state index contributed by atoms with van der Waals surface area (Å²) in [7, 11) is 0. The minimum atomic E-state index is -4.36. The summed E-state index contributed by atoms with van der Waals surface area (Å²) in [6.45, 7) is 0.384. The monoisotopic (exact) mass is 396 g/mol. The number of pyridine rings is 1. The fourth-order valence-corrected chi connectivity index (χ4v) is 3.02. The van der Waals surface area contributed by atoms with E-state index in [1.54, 1.807) is 18.3 Å². The summed E-state index contributed by atoms with van der Waals surface area (Å²) >= 11 is 0. The third-order valence-electron chi connectivity index (χ3n) is 4.43. The van der Waals surface area contributed by atoms with E-state index in [4.69, 9.17) is 0 Å². The van der Waals surface area contributed by atoms with Gasteiger partial charge in [0.25, 0.3) is 0 Å². The topological polar surface area (TPSA) is 70.7 Å². The molecule has 2 aromatic heterocycles. The van der Waals surface area contributed by atoms with E-state index in [1.165, 1.54) is 12.1 Å². The van der Waals surface area contributed by atoms with Crippen LogP contribution in [0.25, 0.3) is 22.2 Å². The van der Waals surface area contributed by atoms with Crippen molar-refractivity contribution in [2.75, 3.05) is 5.32 Å². The minimum absolute atomic E-state index is 0.384. The lowest BCUT2D eigenvalue weighted by Gasteiger charge is -2.10. The Morgan fingerprint density at radius 3 is 2.52 bits per heavy atom. The second-order valence-corrected chi connectivity index (χ2v) is 6.42. The Morgan fingerprint density at radius 2 is 1.76 bits per heavy atom. The number of hydrogen-bond acceptors (Lipinski definition) is 4. The molecule has 0 bridgehead atoms. The van der Waals surface area contributed by atoms with Gasteiger partial charge in [0.1, 0.15) is 11.5 Å². The van der Waals surface area contributed by atoms with Gasteiger partial charge in [0.2, 0.25) is 0 Å². The fraction of sp³-hybridized carbons (Fsp3) is 0.0952. The van der Waals surface area contributed by atoms with Crippen LogP contribution in [-0.2, 0) is 12.7 Å². The van der Waals surface area contributed by atoms with Crippen molar-refractivity contribution in [2.24, 2.45) is 0 Å². The van der Waals surface area contributed by atoms with Crippen LogP contribution in [0.4, 0.5) is 19.0 Å². The van der Waals surface area contributed by atoms with Gasteiger partial charge >= 0.3 is 11.9 Å². The number of aromatic amines is 1. The molecule has 29 heavy (non-hydrogen) atoms. The smallest absolute Gasteiger partial charge is 0.365 e. The number of rotatable bonds is 4. The first-order valence-electron chi connectivity index (χ1n) is 8.76. The number of fused-ring (bicyclic) bond motifs is 1. The molecule has 0 aliphatic rings. The Balaban J connectivity index is 1.57. The lowest BCUT2D eigenvalue weighted by Crippen LogP contribution is -2.14. The summed E-state index contributed by atoms with van der Waals surface area (Å²) in [5.41, 5.74) is 1.62. The number of benzene rings is 2. The minimum Gasteiger partial charge on any atom is -0.365 e. The molecule has 0 amide bonds.